The van der Waals surface area contributed by atoms with Crippen LogP contribution in [0.5, 0.6) is 5.75 Å². The van der Waals surface area contributed by atoms with Crippen molar-refractivity contribution in [2.75, 3.05) is 34.2 Å². The highest BCUT2D eigenvalue weighted by atomic mass is 32.2. The Labute approximate surface area is 248 Å². The fourth-order valence-electron chi connectivity index (χ4n) is 4.82. The summed E-state index contributed by atoms with van der Waals surface area (Å²) in [5.74, 6) is 0.275. The Morgan fingerprint density at radius 3 is 2.43 bits per heavy atom. The number of nitrogens with zero attached hydrogens (tertiary/aromatic N) is 1. The van der Waals surface area contributed by atoms with Crippen LogP contribution in [-0.2, 0) is 27.2 Å². The Bertz CT molecular complexity index is 1590. The molecule has 0 bridgehead atoms. The van der Waals surface area contributed by atoms with E-state index in [1.807, 2.05) is 78.9 Å². The number of methoxy groups -OCH3 is 1. The van der Waals surface area contributed by atoms with Gasteiger partial charge in [0.2, 0.25) is 5.91 Å². The van der Waals surface area contributed by atoms with Crippen LogP contribution in [0.1, 0.15) is 21.5 Å². The SMILES string of the molecule is COCCOCOc1ccc2cc(C(=O)N(C)Cc3cc(-c4ccccc4)ccc3CC3SC(=O)NC3=O)ccc2c1. The minimum absolute atomic E-state index is 0.122. The van der Waals surface area contributed by atoms with Crippen LogP contribution >= 0.6 is 11.8 Å². The van der Waals surface area contributed by atoms with Crippen LogP contribution in [0.15, 0.2) is 84.9 Å². The molecule has 1 unspecified atom stereocenters. The van der Waals surface area contributed by atoms with Gasteiger partial charge < -0.3 is 19.1 Å². The minimum Gasteiger partial charge on any atom is -0.468 e. The monoisotopic (exact) mass is 584 g/mol. The highest BCUT2D eigenvalue weighted by molar-refractivity contribution is 8.15. The van der Waals surface area contributed by atoms with Gasteiger partial charge in [-0.3, -0.25) is 19.7 Å². The van der Waals surface area contributed by atoms with Crippen molar-refractivity contribution in [2.24, 2.45) is 0 Å². The maximum absolute atomic E-state index is 13.6. The largest absolute Gasteiger partial charge is 0.468 e. The van der Waals surface area contributed by atoms with Crippen LogP contribution in [0.2, 0.25) is 0 Å². The summed E-state index contributed by atoms with van der Waals surface area (Å²) in [7, 11) is 3.39. The predicted octanol–water partition coefficient (Wildman–Crippen LogP) is 5.67. The van der Waals surface area contributed by atoms with Gasteiger partial charge in [0, 0.05) is 26.3 Å². The van der Waals surface area contributed by atoms with Crippen molar-refractivity contribution in [2.45, 2.75) is 18.2 Å². The third kappa shape index (κ3) is 7.17. The van der Waals surface area contributed by atoms with E-state index in [-0.39, 0.29) is 23.8 Å². The van der Waals surface area contributed by atoms with Crippen molar-refractivity contribution in [3.8, 4) is 16.9 Å². The van der Waals surface area contributed by atoms with E-state index < -0.39 is 5.25 Å². The van der Waals surface area contributed by atoms with E-state index in [0.717, 1.165) is 44.8 Å². The third-order valence-electron chi connectivity index (χ3n) is 7.04. The number of hydrogen-bond donors (Lipinski definition) is 1. The highest BCUT2D eigenvalue weighted by Crippen LogP contribution is 2.29. The van der Waals surface area contributed by atoms with Gasteiger partial charge in [-0.2, -0.15) is 0 Å². The second-order valence-corrected chi connectivity index (χ2v) is 11.2. The molecule has 4 aromatic carbocycles. The van der Waals surface area contributed by atoms with Crippen LogP contribution in [0.25, 0.3) is 21.9 Å². The first-order valence-electron chi connectivity index (χ1n) is 13.6. The van der Waals surface area contributed by atoms with Gasteiger partial charge in [-0.25, -0.2) is 0 Å². The lowest BCUT2D eigenvalue weighted by atomic mass is 9.96. The number of imide groups is 1. The molecule has 0 aromatic heterocycles. The fraction of sp³-hybridized carbons (Fsp3) is 0.242. The van der Waals surface area contributed by atoms with Crippen molar-refractivity contribution in [3.63, 3.8) is 0 Å². The maximum atomic E-state index is 13.6. The fourth-order valence-corrected chi connectivity index (χ4v) is 5.66. The molecule has 216 valence electrons. The van der Waals surface area contributed by atoms with E-state index in [0.29, 0.717) is 37.5 Å². The molecule has 42 heavy (non-hydrogen) atoms. The molecule has 4 aromatic rings. The van der Waals surface area contributed by atoms with Gasteiger partial charge >= 0.3 is 0 Å². The number of fused-ring (bicyclic) bond motifs is 1. The van der Waals surface area contributed by atoms with E-state index in [1.54, 1.807) is 19.1 Å². The van der Waals surface area contributed by atoms with E-state index >= 15 is 0 Å². The zero-order chi connectivity index (χ0) is 29.5. The van der Waals surface area contributed by atoms with Crippen LogP contribution in [0.4, 0.5) is 4.79 Å². The number of nitrogens with one attached hydrogen (secondary N) is 1. The summed E-state index contributed by atoms with van der Waals surface area (Å²) in [6, 6.07) is 27.3. The molecule has 1 atom stereocenters. The average Bonchev–Trinajstić information content (AvgIpc) is 3.33. The van der Waals surface area contributed by atoms with Crippen molar-refractivity contribution >= 4 is 39.6 Å². The van der Waals surface area contributed by atoms with E-state index in [4.69, 9.17) is 14.2 Å². The molecule has 8 nitrogen and oxygen atoms in total. The molecule has 0 spiro atoms. The number of rotatable bonds is 12. The molecule has 0 radical (unpaired) electrons. The van der Waals surface area contributed by atoms with Crippen LogP contribution < -0.4 is 10.1 Å². The van der Waals surface area contributed by atoms with Crippen molar-refractivity contribution in [1.29, 1.82) is 0 Å². The number of carbonyl (C=O) groups excluding carboxylic acids is 3. The van der Waals surface area contributed by atoms with Gasteiger partial charge in [0.05, 0.1) is 18.5 Å². The summed E-state index contributed by atoms with van der Waals surface area (Å²) in [6.07, 6.45) is 0.395. The third-order valence-corrected chi connectivity index (χ3v) is 8.02. The van der Waals surface area contributed by atoms with Crippen molar-refractivity contribution in [1.82, 2.24) is 10.2 Å². The van der Waals surface area contributed by atoms with Crippen LogP contribution in [0.3, 0.4) is 0 Å². The first-order valence-corrected chi connectivity index (χ1v) is 14.5. The summed E-state index contributed by atoms with van der Waals surface area (Å²) in [4.78, 5) is 39.3. The highest BCUT2D eigenvalue weighted by Gasteiger charge is 2.32. The number of thioether (sulfide) groups is 1. The summed E-state index contributed by atoms with van der Waals surface area (Å²) in [5.41, 5.74) is 4.49. The molecule has 1 aliphatic rings. The van der Waals surface area contributed by atoms with Gasteiger partial charge in [-0.15, -0.1) is 0 Å². The lowest BCUT2D eigenvalue weighted by Gasteiger charge is -2.21. The van der Waals surface area contributed by atoms with Crippen molar-refractivity contribution in [3.05, 3.63) is 102 Å². The molecule has 1 heterocycles. The number of amides is 3. The Kier molecular flexibility index (Phi) is 9.53. The van der Waals surface area contributed by atoms with Gasteiger partial charge in [-0.1, -0.05) is 66.4 Å². The zero-order valence-electron chi connectivity index (χ0n) is 23.5. The number of carbonyl (C=O) groups is 3. The molecule has 3 amide bonds. The minimum atomic E-state index is -0.494. The molecule has 1 aliphatic heterocycles. The maximum Gasteiger partial charge on any atom is 0.286 e. The van der Waals surface area contributed by atoms with Gasteiger partial charge in [0.15, 0.2) is 6.79 Å². The molecule has 1 fully saturated rings. The Morgan fingerprint density at radius 2 is 1.67 bits per heavy atom. The smallest absolute Gasteiger partial charge is 0.286 e. The summed E-state index contributed by atoms with van der Waals surface area (Å²) < 4.78 is 16.0. The molecule has 0 saturated carbocycles. The number of benzene rings is 4. The lowest BCUT2D eigenvalue weighted by molar-refractivity contribution is -0.118. The van der Waals surface area contributed by atoms with Gasteiger partial charge in [0.1, 0.15) is 5.75 Å². The van der Waals surface area contributed by atoms with E-state index in [1.165, 1.54) is 0 Å². The van der Waals surface area contributed by atoms with E-state index in [9.17, 15) is 14.4 Å². The van der Waals surface area contributed by atoms with Gasteiger partial charge in [0.25, 0.3) is 11.1 Å². The predicted molar refractivity (Wildman–Crippen MR) is 164 cm³/mol. The first-order chi connectivity index (χ1) is 20.4. The number of ether oxygens (including phenoxy) is 3. The van der Waals surface area contributed by atoms with E-state index in [2.05, 4.69) is 11.4 Å². The average molecular weight is 585 g/mol. The van der Waals surface area contributed by atoms with Crippen LogP contribution in [-0.4, -0.2) is 61.4 Å². The lowest BCUT2D eigenvalue weighted by Crippen LogP contribution is -2.28. The van der Waals surface area contributed by atoms with Crippen LogP contribution in [0, 0.1) is 0 Å². The molecule has 0 aliphatic carbocycles. The molecule has 1 N–H and O–H groups in total. The summed E-state index contributed by atoms with van der Waals surface area (Å²) >= 11 is 1.01. The molecular formula is C33H32N2O6S. The Balaban J connectivity index is 1.33. The second-order valence-electron chi connectivity index (χ2n) is 9.99. The molecule has 5 rings (SSSR count). The first kappa shape index (κ1) is 29.3. The summed E-state index contributed by atoms with van der Waals surface area (Å²) in [5, 5.41) is 3.41. The second kappa shape index (κ2) is 13.7. The summed E-state index contributed by atoms with van der Waals surface area (Å²) in [6.45, 7) is 1.43. The molecule has 1 saturated heterocycles. The Hall–Kier alpha value is -4.18. The molecule has 9 heteroatoms. The molecular weight excluding hydrogens is 552 g/mol. The Morgan fingerprint density at radius 1 is 0.881 bits per heavy atom. The van der Waals surface area contributed by atoms with Crippen molar-refractivity contribution < 1.29 is 28.6 Å². The zero-order valence-corrected chi connectivity index (χ0v) is 24.3. The van der Waals surface area contributed by atoms with Gasteiger partial charge in [-0.05, 0) is 69.8 Å². The normalized spacial score (nSPS) is 14.7. The topological polar surface area (TPSA) is 94.2 Å². The standard InChI is InChI=1S/C33H32N2O6S/c1-35(32(37)27-11-10-25-18-29(13-12-24(25)16-27)41-21-40-15-14-39-2)20-28-17-23(22-6-4-3-5-7-22)8-9-26(28)19-30-31(36)34-33(38)42-30/h3-13,16-18,30H,14-15,19-21H2,1-2H3,(H,34,36,38). The number of hydrogen-bond acceptors (Lipinski definition) is 7. The quantitative estimate of drug-likeness (QED) is 0.169.